The van der Waals surface area contributed by atoms with Gasteiger partial charge in [-0.05, 0) is 12.8 Å². The largest absolute Gasteiger partial charge is 0.469 e. The molecule has 1 unspecified atom stereocenters. The van der Waals surface area contributed by atoms with Gasteiger partial charge in [0, 0.05) is 31.7 Å². The van der Waals surface area contributed by atoms with Gasteiger partial charge < -0.3 is 10.1 Å². The Morgan fingerprint density at radius 3 is 2.88 bits per heavy atom. The molecule has 16 heavy (non-hydrogen) atoms. The second-order valence-corrected chi connectivity index (χ2v) is 4.86. The van der Waals surface area contributed by atoms with Crippen molar-refractivity contribution in [2.75, 3.05) is 26.7 Å². The lowest BCUT2D eigenvalue weighted by Gasteiger charge is -2.37. The van der Waals surface area contributed by atoms with Crippen molar-refractivity contribution in [1.82, 2.24) is 10.2 Å². The van der Waals surface area contributed by atoms with Crippen LogP contribution in [-0.2, 0) is 9.53 Å². The van der Waals surface area contributed by atoms with E-state index in [1.165, 1.54) is 32.8 Å². The third-order valence-electron chi connectivity index (χ3n) is 3.77. The Labute approximate surface area is 97.3 Å². The summed E-state index contributed by atoms with van der Waals surface area (Å²) in [7, 11) is 1.46. The molecule has 2 rings (SSSR count). The van der Waals surface area contributed by atoms with Gasteiger partial charge >= 0.3 is 5.97 Å². The first-order valence-electron chi connectivity index (χ1n) is 6.34. The van der Waals surface area contributed by atoms with Crippen molar-refractivity contribution in [3.8, 4) is 0 Å². The maximum absolute atomic E-state index is 11.2. The summed E-state index contributed by atoms with van der Waals surface area (Å²) in [5.41, 5.74) is 0. The number of nitrogens with one attached hydrogen (secondary N) is 1. The van der Waals surface area contributed by atoms with Gasteiger partial charge in [-0.25, -0.2) is 0 Å². The third kappa shape index (κ3) is 2.95. The van der Waals surface area contributed by atoms with E-state index in [1.807, 2.05) is 0 Å². The average Bonchev–Trinajstić information content (AvgIpc) is 2.83. The number of nitrogens with zero attached hydrogens (tertiary/aromatic N) is 1. The molecule has 1 N–H and O–H groups in total. The molecular weight excluding hydrogens is 204 g/mol. The van der Waals surface area contributed by atoms with Crippen molar-refractivity contribution in [2.24, 2.45) is 0 Å². The van der Waals surface area contributed by atoms with Crippen molar-refractivity contribution in [1.29, 1.82) is 0 Å². The van der Waals surface area contributed by atoms with E-state index < -0.39 is 0 Å². The topological polar surface area (TPSA) is 41.6 Å². The average molecular weight is 226 g/mol. The highest BCUT2D eigenvalue weighted by atomic mass is 16.5. The summed E-state index contributed by atoms with van der Waals surface area (Å²) < 4.78 is 4.72. The van der Waals surface area contributed by atoms with Crippen LogP contribution >= 0.6 is 0 Å². The molecule has 0 bridgehead atoms. The molecule has 2 aliphatic rings. The molecule has 1 heterocycles. The second kappa shape index (κ2) is 5.64. The minimum atomic E-state index is -0.106. The predicted octanol–water partition coefficient (Wildman–Crippen LogP) is 0.766. The molecular formula is C12H22N2O2. The summed E-state index contributed by atoms with van der Waals surface area (Å²) in [6.07, 6.45) is 5.92. The Hall–Kier alpha value is -0.610. The van der Waals surface area contributed by atoms with Gasteiger partial charge in [0.15, 0.2) is 0 Å². The van der Waals surface area contributed by atoms with Crippen LogP contribution in [0.25, 0.3) is 0 Å². The molecule has 0 radical (unpaired) electrons. The number of carbonyl (C=O) groups excluding carboxylic acids is 1. The molecule has 0 aromatic heterocycles. The van der Waals surface area contributed by atoms with Crippen LogP contribution in [-0.4, -0.2) is 49.7 Å². The molecule has 1 saturated heterocycles. The van der Waals surface area contributed by atoms with Crippen LogP contribution in [0.15, 0.2) is 0 Å². The number of rotatable bonds is 3. The van der Waals surface area contributed by atoms with Gasteiger partial charge in [-0.3, -0.25) is 9.69 Å². The standard InChI is InChI=1S/C12H22N2O2/c1-16-12(15)8-10-9-14(7-6-13-10)11-4-2-3-5-11/h10-11,13H,2-9H2,1H3. The first kappa shape index (κ1) is 11.9. The van der Waals surface area contributed by atoms with Gasteiger partial charge in [-0.2, -0.15) is 0 Å². The molecule has 0 aromatic rings. The zero-order valence-corrected chi connectivity index (χ0v) is 10.1. The molecule has 4 heteroatoms. The first-order chi connectivity index (χ1) is 7.79. The zero-order valence-electron chi connectivity index (χ0n) is 10.1. The second-order valence-electron chi connectivity index (χ2n) is 4.86. The number of hydrogen-bond donors (Lipinski definition) is 1. The molecule has 1 atom stereocenters. The summed E-state index contributed by atoms with van der Waals surface area (Å²) in [6.45, 7) is 3.13. The number of piperazine rings is 1. The monoisotopic (exact) mass is 226 g/mol. The highest BCUT2D eigenvalue weighted by molar-refractivity contribution is 5.69. The van der Waals surface area contributed by atoms with Crippen LogP contribution in [0.2, 0.25) is 0 Å². The fourth-order valence-electron chi connectivity index (χ4n) is 2.87. The Kier molecular flexibility index (Phi) is 4.18. The van der Waals surface area contributed by atoms with E-state index in [0.717, 1.165) is 25.7 Å². The van der Waals surface area contributed by atoms with E-state index in [0.29, 0.717) is 6.42 Å². The van der Waals surface area contributed by atoms with Gasteiger partial charge in [0.25, 0.3) is 0 Å². The SMILES string of the molecule is COC(=O)CC1CN(C2CCCC2)CCN1. The summed E-state index contributed by atoms with van der Waals surface area (Å²) in [5.74, 6) is -0.106. The summed E-state index contributed by atoms with van der Waals surface area (Å²) in [6, 6.07) is 1.05. The fraction of sp³-hybridized carbons (Fsp3) is 0.917. The van der Waals surface area contributed by atoms with E-state index >= 15 is 0 Å². The molecule has 92 valence electrons. The van der Waals surface area contributed by atoms with Crippen molar-refractivity contribution in [2.45, 2.75) is 44.2 Å². The molecule has 0 spiro atoms. The van der Waals surface area contributed by atoms with Crippen LogP contribution in [0.3, 0.4) is 0 Å². The van der Waals surface area contributed by atoms with Gasteiger partial charge in [0.1, 0.15) is 0 Å². The smallest absolute Gasteiger partial charge is 0.307 e. The number of esters is 1. The Balaban J connectivity index is 1.81. The van der Waals surface area contributed by atoms with Crippen molar-refractivity contribution in [3.05, 3.63) is 0 Å². The summed E-state index contributed by atoms with van der Waals surface area (Å²) >= 11 is 0. The Bertz CT molecular complexity index is 239. The van der Waals surface area contributed by atoms with Crippen LogP contribution < -0.4 is 5.32 Å². The molecule has 1 saturated carbocycles. The predicted molar refractivity (Wildman–Crippen MR) is 62.3 cm³/mol. The quantitative estimate of drug-likeness (QED) is 0.722. The van der Waals surface area contributed by atoms with Crippen LogP contribution in [0.5, 0.6) is 0 Å². The molecule has 1 aliphatic carbocycles. The molecule has 4 nitrogen and oxygen atoms in total. The van der Waals surface area contributed by atoms with E-state index in [1.54, 1.807) is 0 Å². The van der Waals surface area contributed by atoms with Gasteiger partial charge in [0.2, 0.25) is 0 Å². The molecule has 0 amide bonds. The Morgan fingerprint density at radius 2 is 2.19 bits per heavy atom. The highest BCUT2D eigenvalue weighted by Crippen LogP contribution is 2.24. The van der Waals surface area contributed by atoms with Crippen LogP contribution in [0, 0.1) is 0 Å². The number of methoxy groups -OCH3 is 1. The molecule has 1 aliphatic heterocycles. The lowest BCUT2D eigenvalue weighted by atomic mass is 10.1. The summed E-state index contributed by atoms with van der Waals surface area (Å²) in [4.78, 5) is 13.8. The van der Waals surface area contributed by atoms with Crippen molar-refractivity contribution in [3.63, 3.8) is 0 Å². The van der Waals surface area contributed by atoms with E-state index in [9.17, 15) is 4.79 Å². The van der Waals surface area contributed by atoms with Gasteiger partial charge in [-0.15, -0.1) is 0 Å². The fourth-order valence-corrected chi connectivity index (χ4v) is 2.87. The molecule has 0 aromatic carbocycles. The van der Waals surface area contributed by atoms with Crippen molar-refractivity contribution >= 4 is 5.97 Å². The Morgan fingerprint density at radius 1 is 1.44 bits per heavy atom. The van der Waals surface area contributed by atoms with E-state index in [2.05, 4.69) is 10.2 Å². The lowest BCUT2D eigenvalue weighted by molar-refractivity contribution is -0.141. The minimum Gasteiger partial charge on any atom is -0.469 e. The zero-order chi connectivity index (χ0) is 11.4. The van der Waals surface area contributed by atoms with Crippen LogP contribution in [0.4, 0.5) is 0 Å². The van der Waals surface area contributed by atoms with Crippen molar-refractivity contribution < 1.29 is 9.53 Å². The molecule has 2 fully saturated rings. The van der Waals surface area contributed by atoms with E-state index in [-0.39, 0.29) is 12.0 Å². The highest BCUT2D eigenvalue weighted by Gasteiger charge is 2.28. The number of hydrogen-bond acceptors (Lipinski definition) is 4. The normalized spacial score (nSPS) is 28.2. The lowest BCUT2D eigenvalue weighted by Crippen LogP contribution is -2.54. The third-order valence-corrected chi connectivity index (χ3v) is 3.77. The summed E-state index contributed by atoms with van der Waals surface area (Å²) in [5, 5.41) is 3.40. The minimum absolute atomic E-state index is 0.106. The number of carbonyl (C=O) groups is 1. The maximum Gasteiger partial charge on any atom is 0.307 e. The van der Waals surface area contributed by atoms with Gasteiger partial charge in [-0.1, -0.05) is 12.8 Å². The van der Waals surface area contributed by atoms with Gasteiger partial charge in [0.05, 0.1) is 13.5 Å². The maximum atomic E-state index is 11.2. The first-order valence-corrected chi connectivity index (χ1v) is 6.34. The van der Waals surface area contributed by atoms with Crippen LogP contribution in [0.1, 0.15) is 32.1 Å². The van der Waals surface area contributed by atoms with E-state index in [4.69, 9.17) is 4.74 Å². The number of ether oxygens (including phenoxy) is 1.